The van der Waals surface area contributed by atoms with Gasteiger partial charge in [0.2, 0.25) is 0 Å². The van der Waals surface area contributed by atoms with Crippen LogP contribution in [0.5, 0.6) is 0 Å². The fourth-order valence-electron chi connectivity index (χ4n) is 2.60. The Kier molecular flexibility index (Phi) is 4.91. The molecule has 3 rings (SSSR count). The predicted octanol–water partition coefficient (Wildman–Crippen LogP) is -0.533. The van der Waals surface area contributed by atoms with Crippen LogP contribution in [0.15, 0.2) is 47.4 Å². The van der Waals surface area contributed by atoms with Crippen LogP contribution in [0, 0.1) is 0 Å². The summed E-state index contributed by atoms with van der Waals surface area (Å²) in [6.07, 6.45) is -3.16. The van der Waals surface area contributed by atoms with Crippen LogP contribution in [0.2, 0.25) is 0 Å². The van der Waals surface area contributed by atoms with Crippen molar-refractivity contribution in [2.45, 2.75) is 31.1 Å². The molecule has 8 heteroatoms. The fourth-order valence-corrected chi connectivity index (χ4v) is 2.60. The van der Waals surface area contributed by atoms with Crippen molar-refractivity contribution in [3.05, 3.63) is 58.6 Å². The molecule has 1 aliphatic rings. The van der Waals surface area contributed by atoms with Crippen molar-refractivity contribution in [2.24, 2.45) is 0 Å². The molecule has 4 N–H and O–H groups in total. The Bertz CT molecular complexity index is 736. The number of rotatable bonds is 5. The van der Waals surface area contributed by atoms with E-state index in [9.17, 15) is 15.0 Å². The molecular weight excluding hydrogens is 314 g/mol. The lowest BCUT2D eigenvalue weighted by molar-refractivity contribution is -0.0549. The molecule has 1 aromatic heterocycles. The van der Waals surface area contributed by atoms with E-state index in [1.807, 2.05) is 30.3 Å². The summed E-state index contributed by atoms with van der Waals surface area (Å²) in [5, 5.41) is 31.9. The van der Waals surface area contributed by atoms with Crippen LogP contribution in [0.3, 0.4) is 0 Å². The van der Waals surface area contributed by atoms with Gasteiger partial charge in [0.1, 0.15) is 24.1 Å². The van der Waals surface area contributed by atoms with E-state index in [1.165, 1.54) is 6.20 Å². The lowest BCUT2D eigenvalue weighted by atomic mass is 10.1. The standard InChI is InChI=1S/C16H19N3O5/c20-9-11-13(21)14(22)15(24-11)19-7-6-12(18-16(19)23)17-8-10-4-2-1-3-5-10/h1-7,11,13-15,20-22H,8-9H2,(H,17,18,23)/t11-,13+,14+,15-/m0/s1. The quantitative estimate of drug-likeness (QED) is 0.581. The van der Waals surface area contributed by atoms with Crippen molar-refractivity contribution in [3.63, 3.8) is 0 Å². The Hall–Kier alpha value is -2.26. The average Bonchev–Trinajstić information content (AvgIpc) is 2.89. The molecular formula is C16H19N3O5. The largest absolute Gasteiger partial charge is 0.394 e. The van der Waals surface area contributed by atoms with Gasteiger partial charge in [-0.1, -0.05) is 30.3 Å². The Balaban J connectivity index is 1.72. The third-order valence-corrected chi connectivity index (χ3v) is 3.94. The molecule has 0 amide bonds. The SMILES string of the molecule is O=c1nc(NCc2ccccc2)ccn1[C@H]1O[C@@H](CO)[C@@H](O)[C@H]1O. The summed E-state index contributed by atoms with van der Waals surface area (Å²) in [5.74, 6) is 0.395. The summed E-state index contributed by atoms with van der Waals surface area (Å²) in [4.78, 5) is 16.1. The van der Waals surface area contributed by atoms with Gasteiger partial charge < -0.3 is 25.4 Å². The number of anilines is 1. The zero-order chi connectivity index (χ0) is 17.1. The minimum absolute atomic E-state index is 0.395. The molecule has 0 radical (unpaired) electrons. The Morgan fingerprint density at radius 1 is 1.17 bits per heavy atom. The first-order chi connectivity index (χ1) is 11.6. The minimum atomic E-state index is -1.32. The van der Waals surface area contributed by atoms with Crippen LogP contribution >= 0.6 is 0 Å². The molecule has 0 aliphatic carbocycles. The van der Waals surface area contributed by atoms with Gasteiger partial charge in [0, 0.05) is 12.7 Å². The van der Waals surface area contributed by atoms with E-state index in [0.717, 1.165) is 10.1 Å². The highest BCUT2D eigenvalue weighted by molar-refractivity contribution is 5.33. The number of hydrogen-bond donors (Lipinski definition) is 4. The van der Waals surface area contributed by atoms with Crippen LogP contribution in [0.25, 0.3) is 0 Å². The van der Waals surface area contributed by atoms with E-state index < -0.39 is 36.8 Å². The molecule has 8 nitrogen and oxygen atoms in total. The van der Waals surface area contributed by atoms with E-state index in [-0.39, 0.29) is 0 Å². The maximum atomic E-state index is 12.2. The fraction of sp³-hybridized carbons (Fsp3) is 0.375. The highest BCUT2D eigenvalue weighted by atomic mass is 16.6. The first-order valence-electron chi connectivity index (χ1n) is 7.59. The van der Waals surface area contributed by atoms with Gasteiger partial charge in [-0.2, -0.15) is 4.98 Å². The van der Waals surface area contributed by atoms with Gasteiger partial charge in [0.15, 0.2) is 6.23 Å². The molecule has 1 aromatic carbocycles. The smallest absolute Gasteiger partial charge is 0.351 e. The zero-order valence-corrected chi connectivity index (χ0v) is 12.8. The van der Waals surface area contributed by atoms with Crippen LogP contribution in [-0.4, -0.2) is 49.8 Å². The highest BCUT2D eigenvalue weighted by Crippen LogP contribution is 2.28. The normalized spacial score (nSPS) is 26.5. The topological polar surface area (TPSA) is 117 Å². The molecule has 128 valence electrons. The number of aliphatic hydroxyl groups is 3. The lowest BCUT2D eigenvalue weighted by Crippen LogP contribution is -2.36. The summed E-state index contributed by atoms with van der Waals surface area (Å²) in [6.45, 7) is 0.0682. The third-order valence-electron chi connectivity index (χ3n) is 3.94. The van der Waals surface area contributed by atoms with Gasteiger partial charge in [0.05, 0.1) is 6.61 Å². The summed E-state index contributed by atoms with van der Waals surface area (Å²) in [7, 11) is 0. The van der Waals surface area contributed by atoms with Crippen molar-refractivity contribution in [1.82, 2.24) is 9.55 Å². The van der Waals surface area contributed by atoms with E-state index >= 15 is 0 Å². The Morgan fingerprint density at radius 3 is 2.54 bits per heavy atom. The molecule has 1 aliphatic heterocycles. The van der Waals surface area contributed by atoms with Gasteiger partial charge in [-0.3, -0.25) is 4.57 Å². The molecule has 2 heterocycles. The summed E-state index contributed by atoms with van der Waals surface area (Å²) in [6, 6.07) is 11.2. The van der Waals surface area contributed by atoms with Crippen LogP contribution in [0.1, 0.15) is 11.8 Å². The molecule has 24 heavy (non-hydrogen) atoms. The van der Waals surface area contributed by atoms with Crippen molar-refractivity contribution < 1.29 is 20.1 Å². The summed E-state index contributed by atoms with van der Waals surface area (Å²) < 4.78 is 6.42. The van der Waals surface area contributed by atoms with Gasteiger partial charge in [0.25, 0.3) is 0 Å². The molecule has 1 saturated heterocycles. The number of ether oxygens (including phenoxy) is 1. The van der Waals surface area contributed by atoms with Crippen molar-refractivity contribution >= 4 is 5.82 Å². The van der Waals surface area contributed by atoms with E-state index in [0.29, 0.717) is 12.4 Å². The number of hydrogen-bond acceptors (Lipinski definition) is 7. The second kappa shape index (κ2) is 7.10. The van der Waals surface area contributed by atoms with Crippen LogP contribution < -0.4 is 11.0 Å². The first-order valence-corrected chi connectivity index (χ1v) is 7.59. The molecule has 0 spiro atoms. The van der Waals surface area contributed by atoms with Crippen molar-refractivity contribution in [2.75, 3.05) is 11.9 Å². The average molecular weight is 333 g/mol. The lowest BCUT2D eigenvalue weighted by Gasteiger charge is -2.17. The maximum Gasteiger partial charge on any atom is 0.351 e. The molecule has 1 fully saturated rings. The molecule has 4 atom stereocenters. The van der Waals surface area contributed by atoms with E-state index in [2.05, 4.69) is 10.3 Å². The number of nitrogens with zero attached hydrogens (tertiary/aromatic N) is 2. The second-order valence-electron chi connectivity index (χ2n) is 5.57. The summed E-state index contributed by atoms with van der Waals surface area (Å²) in [5.41, 5.74) is 0.426. The van der Waals surface area contributed by atoms with E-state index in [4.69, 9.17) is 9.84 Å². The van der Waals surface area contributed by atoms with Crippen molar-refractivity contribution in [1.29, 1.82) is 0 Å². The monoisotopic (exact) mass is 333 g/mol. The second-order valence-corrected chi connectivity index (χ2v) is 5.57. The number of aromatic nitrogens is 2. The van der Waals surface area contributed by atoms with Gasteiger partial charge in [-0.25, -0.2) is 4.79 Å². The van der Waals surface area contributed by atoms with E-state index in [1.54, 1.807) is 6.07 Å². The number of benzene rings is 1. The van der Waals surface area contributed by atoms with Gasteiger partial charge >= 0.3 is 5.69 Å². The Labute approximate surface area is 138 Å². The number of nitrogens with one attached hydrogen (secondary N) is 1. The van der Waals surface area contributed by atoms with Gasteiger partial charge in [-0.15, -0.1) is 0 Å². The van der Waals surface area contributed by atoms with Gasteiger partial charge in [-0.05, 0) is 11.6 Å². The molecule has 0 unspecified atom stereocenters. The third kappa shape index (κ3) is 3.31. The molecule has 0 bridgehead atoms. The molecule has 0 saturated carbocycles. The Morgan fingerprint density at radius 2 is 1.92 bits per heavy atom. The highest BCUT2D eigenvalue weighted by Gasteiger charge is 2.43. The first kappa shape index (κ1) is 16.6. The molecule has 2 aromatic rings. The predicted molar refractivity (Wildman–Crippen MR) is 85.3 cm³/mol. The number of aliphatic hydroxyl groups excluding tert-OH is 3. The maximum absolute atomic E-state index is 12.2. The van der Waals surface area contributed by atoms with Crippen LogP contribution in [0.4, 0.5) is 5.82 Å². The summed E-state index contributed by atoms with van der Waals surface area (Å²) >= 11 is 0. The van der Waals surface area contributed by atoms with Crippen molar-refractivity contribution in [3.8, 4) is 0 Å². The van der Waals surface area contributed by atoms with Crippen LogP contribution in [-0.2, 0) is 11.3 Å². The minimum Gasteiger partial charge on any atom is -0.394 e. The zero-order valence-electron chi connectivity index (χ0n) is 12.8.